The fourth-order valence-corrected chi connectivity index (χ4v) is 2.45. The van der Waals surface area contributed by atoms with E-state index in [2.05, 4.69) is 65.0 Å². The molecule has 0 atom stereocenters. The van der Waals surface area contributed by atoms with E-state index in [1.54, 1.807) is 0 Å². The van der Waals surface area contributed by atoms with Crippen molar-refractivity contribution in [3.63, 3.8) is 0 Å². The number of rotatable bonds is 0. The molecule has 0 unspecified atom stereocenters. The molecule has 0 amide bonds. The Labute approximate surface area is 126 Å². The molecule has 0 aliphatic heterocycles. The van der Waals surface area contributed by atoms with Crippen LogP contribution in [-0.4, -0.2) is 0 Å². The Morgan fingerprint density at radius 3 is 2.00 bits per heavy atom. The summed E-state index contributed by atoms with van der Waals surface area (Å²) in [6.07, 6.45) is 19.0. The van der Waals surface area contributed by atoms with E-state index >= 15 is 0 Å². The Morgan fingerprint density at radius 1 is 0.800 bits per heavy atom. The molecule has 0 bridgehead atoms. The highest BCUT2D eigenvalue weighted by Gasteiger charge is 2.11. The van der Waals surface area contributed by atoms with Gasteiger partial charge < -0.3 is 0 Å². The van der Waals surface area contributed by atoms with E-state index in [4.69, 9.17) is 0 Å². The van der Waals surface area contributed by atoms with Crippen LogP contribution in [0.2, 0.25) is 0 Å². The molecule has 0 aromatic heterocycles. The molecule has 0 aromatic carbocycles. The van der Waals surface area contributed by atoms with Crippen LogP contribution in [0.4, 0.5) is 0 Å². The first-order chi connectivity index (χ1) is 9.39. The Hall–Kier alpha value is -1.04. The van der Waals surface area contributed by atoms with Gasteiger partial charge in [-0.2, -0.15) is 0 Å². The Balaban J connectivity index is 2.81. The lowest BCUT2D eigenvalue weighted by Gasteiger charge is -2.18. The first kappa shape index (κ1) is 17.0. The number of hydrogen-bond donors (Lipinski definition) is 0. The van der Waals surface area contributed by atoms with Crippen LogP contribution in [0.3, 0.4) is 0 Å². The van der Waals surface area contributed by atoms with Gasteiger partial charge in [-0.05, 0) is 64.7 Å². The van der Waals surface area contributed by atoms with Gasteiger partial charge in [-0.15, -0.1) is 0 Å². The van der Waals surface area contributed by atoms with Crippen LogP contribution in [0, 0.1) is 5.41 Å². The molecule has 1 rings (SSSR count). The summed E-state index contributed by atoms with van der Waals surface area (Å²) in [5.74, 6) is 0. The zero-order chi connectivity index (χ0) is 15.0. The van der Waals surface area contributed by atoms with Gasteiger partial charge in [-0.3, -0.25) is 0 Å². The SMILES string of the molecule is CC1=CCCC(C)=CCCC(C)=CCC(C)(C)C=CC1. The van der Waals surface area contributed by atoms with Crippen LogP contribution < -0.4 is 0 Å². The summed E-state index contributed by atoms with van der Waals surface area (Å²) in [4.78, 5) is 0. The van der Waals surface area contributed by atoms with Crippen LogP contribution in [0.1, 0.15) is 73.1 Å². The largest absolute Gasteiger partial charge is 0.0853 e. The van der Waals surface area contributed by atoms with Crippen molar-refractivity contribution < 1.29 is 0 Å². The molecule has 0 aromatic rings. The molecule has 0 saturated heterocycles. The molecule has 20 heavy (non-hydrogen) atoms. The molecular weight excluding hydrogens is 240 g/mol. The van der Waals surface area contributed by atoms with Gasteiger partial charge in [0.05, 0.1) is 0 Å². The molecule has 0 N–H and O–H groups in total. The van der Waals surface area contributed by atoms with Gasteiger partial charge in [0, 0.05) is 0 Å². The van der Waals surface area contributed by atoms with Crippen molar-refractivity contribution in [2.45, 2.75) is 73.1 Å². The minimum Gasteiger partial charge on any atom is -0.0853 e. The maximum atomic E-state index is 2.43. The average Bonchev–Trinajstić information content (AvgIpc) is 2.35. The topological polar surface area (TPSA) is 0 Å². The minimum atomic E-state index is 0.271. The zero-order valence-electron chi connectivity index (χ0n) is 14.1. The van der Waals surface area contributed by atoms with E-state index in [0.29, 0.717) is 0 Å². The standard InChI is InChI=1S/C20H32/c1-17-9-6-11-18(2)13-8-15-20(4,5)16-14-19(3)12-7-10-17/h8,10-11,14-15H,6-7,9,12-13,16H2,1-5H3. The second-order valence-electron chi connectivity index (χ2n) is 7.03. The Morgan fingerprint density at radius 2 is 1.35 bits per heavy atom. The third-order valence-corrected chi connectivity index (χ3v) is 4.05. The summed E-state index contributed by atoms with van der Waals surface area (Å²) in [6.45, 7) is 11.4. The lowest BCUT2D eigenvalue weighted by atomic mass is 9.87. The van der Waals surface area contributed by atoms with Crippen LogP contribution >= 0.6 is 0 Å². The predicted octanol–water partition coefficient (Wildman–Crippen LogP) is 6.76. The predicted molar refractivity (Wildman–Crippen MR) is 91.9 cm³/mol. The van der Waals surface area contributed by atoms with Gasteiger partial charge in [-0.25, -0.2) is 0 Å². The highest BCUT2D eigenvalue weighted by atomic mass is 14.2. The van der Waals surface area contributed by atoms with Crippen LogP contribution in [0.25, 0.3) is 0 Å². The fourth-order valence-electron chi connectivity index (χ4n) is 2.45. The summed E-state index contributed by atoms with van der Waals surface area (Å²) < 4.78 is 0. The maximum Gasteiger partial charge on any atom is -0.0140 e. The van der Waals surface area contributed by atoms with Gasteiger partial charge in [0.1, 0.15) is 0 Å². The average molecular weight is 272 g/mol. The summed E-state index contributed by atoms with van der Waals surface area (Å²) >= 11 is 0. The third kappa shape index (κ3) is 7.53. The summed E-state index contributed by atoms with van der Waals surface area (Å²) in [5, 5.41) is 0. The first-order valence-electron chi connectivity index (χ1n) is 8.04. The van der Waals surface area contributed by atoms with Gasteiger partial charge in [0.25, 0.3) is 0 Å². The molecule has 0 radical (unpaired) electrons. The van der Waals surface area contributed by atoms with E-state index in [0.717, 1.165) is 12.8 Å². The van der Waals surface area contributed by atoms with Crippen LogP contribution in [-0.2, 0) is 0 Å². The van der Waals surface area contributed by atoms with Crippen molar-refractivity contribution in [3.8, 4) is 0 Å². The summed E-state index contributed by atoms with van der Waals surface area (Å²) in [6, 6.07) is 0. The van der Waals surface area contributed by atoms with Crippen molar-refractivity contribution in [1.29, 1.82) is 0 Å². The van der Waals surface area contributed by atoms with Gasteiger partial charge in [-0.1, -0.05) is 60.9 Å². The molecule has 1 aliphatic carbocycles. The number of allylic oxidation sites excluding steroid dienone is 8. The lowest BCUT2D eigenvalue weighted by Crippen LogP contribution is -2.05. The molecule has 0 heteroatoms. The normalized spacial score (nSPS) is 22.1. The van der Waals surface area contributed by atoms with E-state index in [9.17, 15) is 0 Å². The second-order valence-corrected chi connectivity index (χ2v) is 7.03. The molecular formula is C20H32. The van der Waals surface area contributed by atoms with Crippen LogP contribution in [0.5, 0.6) is 0 Å². The van der Waals surface area contributed by atoms with Crippen LogP contribution in [0.15, 0.2) is 47.1 Å². The monoisotopic (exact) mass is 272 g/mol. The summed E-state index contributed by atoms with van der Waals surface area (Å²) in [7, 11) is 0. The molecule has 0 fully saturated rings. The fraction of sp³-hybridized carbons (Fsp3) is 0.600. The van der Waals surface area contributed by atoms with Crippen molar-refractivity contribution in [2.24, 2.45) is 5.41 Å². The molecule has 1 aliphatic rings. The van der Waals surface area contributed by atoms with E-state index < -0.39 is 0 Å². The maximum absolute atomic E-state index is 2.43. The Kier molecular flexibility index (Phi) is 7.05. The molecule has 0 saturated carbocycles. The van der Waals surface area contributed by atoms with Gasteiger partial charge >= 0.3 is 0 Å². The highest BCUT2D eigenvalue weighted by Crippen LogP contribution is 2.25. The minimum absolute atomic E-state index is 0.271. The zero-order valence-corrected chi connectivity index (χ0v) is 14.1. The van der Waals surface area contributed by atoms with Crippen molar-refractivity contribution in [2.75, 3.05) is 0 Å². The van der Waals surface area contributed by atoms with E-state index in [1.165, 1.54) is 42.4 Å². The van der Waals surface area contributed by atoms with Crippen molar-refractivity contribution in [3.05, 3.63) is 47.1 Å². The summed E-state index contributed by atoms with van der Waals surface area (Å²) in [5.41, 5.74) is 4.83. The van der Waals surface area contributed by atoms with Crippen molar-refractivity contribution >= 4 is 0 Å². The van der Waals surface area contributed by atoms with E-state index in [-0.39, 0.29) is 5.41 Å². The second kappa shape index (κ2) is 8.29. The van der Waals surface area contributed by atoms with Gasteiger partial charge in [0.2, 0.25) is 0 Å². The lowest BCUT2D eigenvalue weighted by molar-refractivity contribution is 0.485. The third-order valence-electron chi connectivity index (χ3n) is 4.05. The quantitative estimate of drug-likeness (QED) is 0.427. The molecule has 0 heterocycles. The Bertz CT molecular complexity index is 413. The van der Waals surface area contributed by atoms with Crippen molar-refractivity contribution in [1.82, 2.24) is 0 Å². The number of hydrogen-bond acceptors (Lipinski definition) is 0. The smallest absolute Gasteiger partial charge is 0.0140 e. The first-order valence-corrected chi connectivity index (χ1v) is 8.04. The van der Waals surface area contributed by atoms with E-state index in [1.807, 2.05) is 0 Å². The molecule has 0 spiro atoms. The molecule has 112 valence electrons. The highest BCUT2D eigenvalue weighted by molar-refractivity contribution is 5.11. The molecule has 0 nitrogen and oxygen atoms in total. The van der Waals surface area contributed by atoms with Gasteiger partial charge in [0.15, 0.2) is 0 Å².